The van der Waals surface area contributed by atoms with Crippen LogP contribution in [0.3, 0.4) is 0 Å². The standard InChI is InChI=1S/C15H16N2O4/c1-10(8-16)21-15(19)11-7-14(18)17(9-11)12-5-3-4-6-13(12)20-2/h3-6,10-11H,7,9H2,1-2H3/t10-,11+/m1/s1. The van der Waals surface area contributed by atoms with Gasteiger partial charge in [-0.05, 0) is 19.1 Å². The number of ether oxygens (including phenoxy) is 2. The number of nitrogens with zero attached hydrogens (tertiary/aromatic N) is 2. The Kier molecular flexibility index (Phi) is 4.43. The molecule has 2 atom stereocenters. The fourth-order valence-electron chi connectivity index (χ4n) is 2.25. The lowest BCUT2D eigenvalue weighted by Crippen LogP contribution is -2.27. The van der Waals surface area contributed by atoms with Gasteiger partial charge in [-0.1, -0.05) is 12.1 Å². The molecule has 6 heteroatoms. The molecule has 1 aliphatic heterocycles. The smallest absolute Gasteiger partial charge is 0.312 e. The number of nitriles is 1. The maximum absolute atomic E-state index is 12.1. The summed E-state index contributed by atoms with van der Waals surface area (Å²) in [4.78, 5) is 25.5. The molecule has 1 aromatic carbocycles. The molecular weight excluding hydrogens is 272 g/mol. The first-order valence-corrected chi connectivity index (χ1v) is 6.60. The number of benzene rings is 1. The number of carbonyl (C=O) groups is 2. The summed E-state index contributed by atoms with van der Waals surface area (Å²) in [5, 5.41) is 8.66. The van der Waals surface area contributed by atoms with Gasteiger partial charge in [0.25, 0.3) is 0 Å². The third-order valence-corrected chi connectivity index (χ3v) is 3.31. The maximum Gasteiger partial charge on any atom is 0.312 e. The van der Waals surface area contributed by atoms with Crippen molar-refractivity contribution < 1.29 is 19.1 Å². The highest BCUT2D eigenvalue weighted by Gasteiger charge is 2.37. The lowest BCUT2D eigenvalue weighted by Gasteiger charge is -2.19. The zero-order valence-electron chi connectivity index (χ0n) is 11.9. The fourth-order valence-corrected chi connectivity index (χ4v) is 2.25. The van der Waals surface area contributed by atoms with Gasteiger partial charge in [0.1, 0.15) is 11.8 Å². The van der Waals surface area contributed by atoms with E-state index in [0.717, 1.165) is 0 Å². The average Bonchev–Trinajstić information content (AvgIpc) is 2.89. The van der Waals surface area contributed by atoms with E-state index in [9.17, 15) is 9.59 Å². The second-order valence-electron chi connectivity index (χ2n) is 4.79. The molecule has 21 heavy (non-hydrogen) atoms. The average molecular weight is 288 g/mol. The third kappa shape index (κ3) is 3.14. The predicted octanol–water partition coefficient (Wildman–Crippen LogP) is 1.50. The summed E-state index contributed by atoms with van der Waals surface area (Å²) < 4.78 is 10.2. The van der Waals surface area contributed by atoms with Crippen LogP contribution >= 0.6 is 0 Å². The summed E-state index contributed by atoms with van der Waals surface area (Å²) in [6.45, 7) is 1.73. The monoisotopic (exact) mass is 288 g/mol. The SMILES string of the molecule is COc1ccccc1N1C[C@@H](C(=O)O[C@H](C)C#N)CC1=O. The van der Waals surface area contributed by atoms with Crippen molar-refractivity contribution in [3.8, 4) is 11.8 Å². The van der Waals surface area contributed by atoms with Crippen LogP contribution in [-0.4, -0.2) is 31.6 Å². The van der Waals surface area contributed by atoms with E-state index in [1.165, 1.54) is 18.9 Å². The van der Waals surface area contributed by atoms with Crippen LogP contribution in [-0.2, 0) is 14.3 Å². The molecule has 0 saturated carbocycles. The summed E-state index contributed by atoms with van der Waals surface area (Å²) in [5.41, 5.74) is 0.633. The lowest BCUT2D eigenvalue weighted by molar-refractivity contribution is -0.150. The van der Waals surface area contributed by atoms with E-state index in [1.807, 2.05) is 12.1 Å². The van der Waals surface area contributed by atoms with Gasteiger partial charge in [0.2, 0.25) is 5.91 Å². The van der Waals surface area contributed by atoms with Crippen LogP contribution in [0.2, 0.25) is 0 Å². The van der Waals surface area contributed by atoms with Crippen LogP contribution < -0.4 is 9.64 Å². The highest BCUT2D eigenvalue weighted by atomic mass is 16.5. The van der Waals surface area contributed by atoms with Crippen molar-refractivity contribution in [3.63, 3.8) is 0 Å². The van der Waals surface area contributed by atoms with Gasteiger partial charge in [0.15, 0.2) is 6.10 Å². The van der Waals surface area contributed by atoms with Crippen LogP contribution in [0.5, 0.6) is 5.75 Å². The minimum atomic E-state index is -0.812. The topological polar surface area (TPSA) is 79.6 Å². The van der Waals surface area contributed by atoms with Gasteiger partial charge >= 0.3 is 5.97 Å². The Morgan fingerprint density at radius 3 is 2.86 bits per heavy atom. The van der Waals surface area contributed by atoms with E-state index >= 15 is 0 Å². The van der Waals surface area contributed by atoms with Gasteiger partial charge in [0.05, 0.1) is 18.7 Å². The molecule has 6 nitrogen and oxygen atoms in total. The molecule has 110 valence electrons. The number of para-hydroxylation sites is 2. The van der Waals surface area contributed by atoms with Crippen LogP contribution in [0.1, 0.15) is 13.3 Å². The minimum absolute atomic E-state index is 0.0784. The maximum atomic E-state index is 12.1. The summed E-state index contributed by atoms with van der Waals surface area (Å²) >= 11 is 0. The van der Waals surface area contributed by atoms with Gasteiger partial charge in [0, 0.05) is 13.0 Å². The fraction of sp³-hybridized carbons (Fsp3) is 0.400. The number of hydrogen-bond acceptors (Lipinski definition) is 5. The second kappa shape index (κ2) is 6.27. The molecule has 1 heterocycles. The number of carbonyl (C=O) groups excluding carboxylic acids is 2. The Labute approximate surface area is 122 Å². The molecule has 1 aromatic rings. The largest absolute Gasteiger partial charge is 0.495 e. The van der Waals surface area contributed by atoms with Gasteiger partial charge < -0.3 is 14.4 Å². The van der Waals surface area contributed by atoms with Crippen molar-refractivity contribution in [1.82, 2.24) is 0 Å². The van der Waals surface area contributed by atoms with Gasteiger partial charge in [-0.2, -0.15) is 5.26 Å². The molecule has 1 amide bonds. The van der Waals surface area contributed by atoms with E-state index in [2.05, 4.69) is 0 Å². The first-order valence-electron chi connectivity index (χ1n) is 6.60. The molecule has 0 unspecified atom stereocenters. The highest BCUT2D eigenvalue weighted by Crippen LogP contribution is 2.33. The van der Waals surface area contributed by atoms with Crippen LogP contribution in [0.15, 0.2) is 24.3 Å². The van der Waals surface area contributed by atoms with Crippen molar-refractivity contribution in [2.75, 3.05) is 18.6 Å². The molecule has 0 N–H and O–H groups in total. The predicted molar refractivity (Wildman–Crippen MR) is 74.6 cm³/mol. The van der Waals surface area contributed by atoms with E-state index in [0.29, 0.717) is 11.4 Å². The van der Waals surface area contributed by atoms with Gasteiger partial charge in [-0.15, -0.1) is 0 Å². The molecule has 0 spiro atoms. The van der Waals surface area contributed by atoms with Crippen molar-refractivity contribution in [1.29, 1.82) is 5.26 Å². The molecule has 1 fully saturated rings. The molecule has 1 saturated heterocycles. The summed E-state index contributed by atoms with van der Waals surface area (Å²) in [6, 6.07) is 8.96. The second-order valence-corrected chi connectivity index (χ2v) is 4.79. The zero-order chi connectivity index (χ0) is 15.4. The van der Waals surface area contributed by atoms with Crippen LogP contribution in [0.25, 0.3) is 0 Å². The molecule has 0 radical (unpaired) electrons. The molecule has 0 aliphatic carbocycles. The van der Waals surface area contributed by atoms with E-state index in [1.54, 1.807) is 18.2 Å². The summed E-state index contributed by atoms with van der Waals surface area (Å²) in [7, 11) is 1.53. The molecule has 0 aromatic heterocycles. The molecule has 1 aliphatic rings. The van der Waals surface area contributed by atoms with Crippen LogP contribution in [0.4, 0.5) is 5.69 Å². The number of hydrogen-bond donors (Lipinski definition) is 0. The number of anilines is 1. The van der Waals surface area contributed by atoms with E-state index < -0.39 is 18.0 Å². The van der Waals surface area contributed by atoms with Crippen molar-refractivity contribution >= 4 is 17.6 Å². The van der Waals surface area contributed by atoms with Crippen molar-refractivity contribution in [2.24, 2.45) is 5.92 Å². The first kappa shape index (κ1) is 14.9. The third-order valence-electron chi connectivity index (χ3n) is 3.31. The Balaban J connectivity index is 2.13. The molecular formula is C15H16N2O4. The zero-order valence-corrected chi connectivity index (χ0v) is 11.9. The van der Waals surface area contributed by atoms with Crippen molar-refractivity contribution in [3.05, 3.63) is 24.3 Å². The summed E-state index contributed by atoms with van der Waals surface area (Å²) in [5.74, 6) is -0.663. The lowest BCUT2D eigenvalue weighted by atomic mass is 10.1. The highest BCUT2D eigenvalue weighted by molar-refractivity contribution is 6.00. The Bertz CT molecular complexity index is 594. The Morgan fingerprint density at radius 2 is 2.19 bits per heavy atom. The van der Waals surface area contributed by atoms with Gasteiger partial charge in [-0.3, -0.25) is 9.59 Å². The van der Waals surface area contributed by atoms with Gasteiger partial charge in [-0.25, -0.2) is 0 Å². The normalized spacial score (nSPS) is 19.0. The number of esters is 1. The first-order chi connectivity index (χ1) is 10.1. The summed E-state index contributed by atoms with van der Waals surface area (Å²) in [6.07, 6.45) is -0.734. The van der Waals surface area contributed by atoms with Crippen molar-refractivity contribution in [2.45, 2.75) is 19.4 Å². The molecule has 0 bridgehead atoms. The molecule has 2 rings (SSSR count). The minimum Gasteiger partial charge on any atom is -0.495 e. The van der Waals surface area contributed by atoms with E-state index in [4.69, 9.17) is 14.7 Å². The van der Waals surface area contributed by atoms with E-state index in [-0.39, 0.29) is 18.9 Å². The van der Waals surface area contributed by atoms with Crippen LogP contribution in [0, 0.1) is 17.2 Å². The Morgan fingerprint density at radius 1 is 1.48 bits per heavy atom. The number of methoxy groups -OCH3 is 1. The number of rotatable bonds is 4. The number of amides is 1. The quantitative estimate of drug-likeness (QED) is 0.784. The Hall–Kier alpha value is -2.55.